The van der Waals surface area contributed by atoms with E-state index in [4.69, 9.17) is 23.2 Å². The fourth-order valence-electron chi connectivity index (χ4n) is 1.90. The Labute approximate surface area is 137 Å². The molecule has 21 heavy (non-hydrogen) atoms. The Kier molecular flexibility index (Phi) is 6.18. The van der Waals surface area contributed by atoms with Crippen molar-refractivity contribution in [2.75, 3.05) is 12.3 Å². The van der Waals surface area contributed by atoms with Gasteiger partial charge in [0.2, 0.25) is 0 Å². The van der Waals surface area contributed by atoms with Crippen LogP contribution in [-0.2, 0) is 10.8 Å². The lowest BCUT2D eigenvalue weighted by Gasteiger charge is -2.14. The van der Waals surface area contributed by atoms with Crippen LogP contribution in [0.25, 0.3) is 0 Å². The number of hydrogen-bond acceptors (Lipinski definition) is 3. The monoisotopic (exact) mass is 342 g/mol. The highest BCUT2D eigenvalue weighted by molar-refractivity contribution is 7.85. The van der Waals surface area contributed by atoms with Crippen molar-refractivity contribution >= 4 is 34.0 Å². The number of hydrogen-bond donors (Lipinski definition) is 1. The first-order chi connectivity index (χ1) is 10.1. The maximum Gasteiger partial charge on any atom is 0.0589 e. The maximum absolute atomic E-state index is 12.3. The van der Waals surface area contributed by atoms with Gasteiger partial charge >= 0.3 is 0 Å². The van der Waals surface area contributed by atoms with E-state index in [1.165, 1.54) is 0 Å². The van der Waals surface area contributed by atoms with Crippen LogP contribution < -0.4 is 5.32 Å². The van der Waals surface area contributed by atoms with E-state index >= 15 is 0 Å². The van der Waals surface area contributed by atoms with Gasteiger partial charge in [0.15, 0.2) is 0 Å². The van der Waals surface area contributed by atoms with Crippen molar-refractivity contribution in [3.63, 3.8) is 0 Å². The van der Waals surface area contributed by atoms with Crippen molar-refractivity contribution in [1.29, 1.82) is 0 Å². The van der Waals surface area contributed by atoms with Gasteiger partial charge in [-0.25, -0.2) is 0 Å². The molecule has 1 N–H and O–H groups in total. The maximum atomic E-state index is 12.3. The molecule has 6 heteroatoms. The standard InChI is InChI=1S/C15H16Cl2N2OS/c1-11(12-4-6-18-7-5-12)19-8-9-21(20)15-10-13(16)2-3-14(15)17/h2-7,10-11,19H,8-9H2,1H3. The van der Waals surface area contributed by atoms with Gasteiger partial charge in [0.05, 0.1) is 20.7 Å². The van der Waals surface area contributed by atoms with Crippen LogP contribution in [0.5, 0.6) is 0 Å². The number of nitrogens with one attached hydrogen (secondary N) is 1. The van der Waals surface area contributed by atoms with Crippen molar-refractivity contribution in [2.24, 2.45) is 0 Å². The molecular formula is C15H16Cl2N2OS. The van der Waals surface area contributed by atoms with Gasteiger partial charge in [-0.05, 0) is 42.8 Å². The number of aromatic nitrogens is 1. The first-order valence-corrected chi connectivity index (χ1v) is 8.62. The van der Waals surface area contributed by atoms with Crippen molar-refractivity contribution in [1.82, 2.24) is 10.3 Å². The molecule has 1 aromatic heterocycles. The van der Waals surface area contributed by atoms with E-state index in [1.807, 2.05) is 12.1 Å². The predicted octanol–water partition coefficient (Wildman–Crippen LogP) is 3.85. The van der Waals surface area contributed by atoms with Crippen LogP contribution in [0.4, 0.5) is 0 Å². The summed E-state index contributed by atoms with van der Waals surface area (Å²) in [4.78, 5) is 4.58. The van der Waals surface area contributed by atoms with Gasteiger partial charge in [-0.1, -0.05) is 23.2 Å². The van der Waals surface area contributed by atoms with E-state index < -0.39 is 10.8 Å². The average molecular weight is 343 g/mol. The topological polar surface area (TPSA) is 42.0 Å². The largest absolute Gasteiger partial charge is 0.309 e. The molecule has 3 nitrogen and oxygen atoms in total. The molecule has 0 aliphatic heterocycles. The zero-order valence-electron chi connectivity index (χ0n) is 11.6. The Bertz CT molecular complexity index is 622. The summed E-state index contributed by atoms with van der Waals surface area (Å²) in [6.45, 7) is 2.68. The number of pyridine rings is 1. The highest BCUT2D eigenvalue weighted by atomic mass is 35.5. The van der Waals surface area contributed by atoms with Crippen LogP contribution in [0, 0.1) is 0 Å². The summed E-state index contributed by atoms with van der Waals surface area (Å²) in [5.41, 5.74) is 1.15. The number of rotatable bonds is 6. The van der Waals surface area contributed by atoms with Crippen molar-refractivity contribution in [3.05, 3.63) is 58.3 Å². The molecule has 0 aliphatic carbocycles. The second-order valence-electron chi connectivity index (χ2n) is 4.58. The SMILES string of the molecule is CC(NCCS(=O)c1cc(Cl)ccc1Cl)c1ccncc1. The fourth-order valence-corrected chi connectivity index (χ4v) is 3.58. The Hall–Kier alpha value is -0.940. The quantitative estimate of drug-likeness (QED) is 0.866. The number of benzene rings is 1. The molecule has 0 spiro atoms. The first kappa shape index (κ1) is 16.4. The summed E-state index contributed by atoms with van der Waals surface area (Å²) >= 11 is 12.0. The molecular weight excluding hydrogens is 327 g/mol. The molecule has 1 heterocycles. The highest BCUT2D eigenvalue weighted by Gasteiger charge is 2.10. The van der Waals surface area contributed by atoms with Crippen molar-refractivity contribution < 1.29 is 4.21 Å². The second kappa shape index (κ2) is 7.90. The molecule has 0 saturated carbocycles. The van der Waals surface area contributed by atoms with E-state index in [-0.39, 0.29) is 6.04 Å². The summed E-state index contributed by atoms with van der Waals surface area (Å²) in [7, 11) is -1.17. The average Bonchev–Trinajstić information content (AvgIpc) is 2.50. The van der Waals surface area contributed by atoms with Gasteiger partial charge in [-0.15, -0.1) is 0 Å². The summed E-state index contributed by atoms with van der Waals surface area (Å²) < 4.78 is 12.3. The van der Waals surface area contributed by atoms with Crippen molar-refractivity contribution in [2.45, 2.75) is 17.9 Å². The number of nitrogens with zero attached hydrogens (tertiary/aromatic N) is 1. The molecule has 0 aliphatic rings. The highest BCUT2D eigenvalue weighted by Crippen LogP contribution is 2.23. The molecule has 0 radical (unpaired) electrons. The molecule has 0 bridgehead atoms. The van der Waals surface area contributed by atoms with E-state index in [2.05, 4.69) is 17.2 Å². The van der Waals surface area contributed by atoms with E-state index in [0.29, 0.717) is 27.2 Å². The zero-order chi connectivity index (χ0) is 15.2. The Morgan fingerprint density at radius 2 is 1.95 bits per heavy atom. The fraction of sp³-hybridized carbons (Fsp3) is 0.267. The Balaban J connectivity index is 1.88. The van der Waals surface area contributed by atoms with Gasteiger partial charge in [0.25, 0.3) is 0 Å². The second-order valence-corrected chi connectivity index (χ2v) is 6.96. The van der Waals surface area contributed by atoms with Crippen LogP contribution in [0.2, 0.25) is 10.0 Å². The lowest BCUT2D eigenvalue weighted by atomic mass is 10.1. The third-order valence-electron chi connectivity index (χ3n) is 3.08. The van der Waals surface area contributed by atoms with Gasteiger partial charge in [-0.2, -0.15) is 0 Å². The summed E-state index contributed by atoms with van der Waals surface area (Å²) in [6, 6.07) is 9.12. The Morgan fingerprint density at radius 3 is 2.67 bits per heavy atom. The molecule has 2 aromatic rings. The van der Waals surface area contributed by atoms with E-state index in [9.17, 15) is 4.21 Å². The normalized spacial score (nSPS) is 13.9. The summed E-state index contributed by atoms with van der Waals surface area (Å²) in [5.74, 6) is 0.482. The van der Waals surface area contributed by atoms with E-state index in [1.54, 1.807) is 30.6 Å². The van der Waals surface area contributed by atoms with Gasteiger partial charge in [0.1, 0.15) is 0 Å². The third kappa shape index (κ3) is 4.78. The van der Waals surface area contributed by atoms with E-state index in [0.717, 1.165) is 5.56 Å². The van der Waals surface area contributed by atoms with Crippen LogP contribution in [0.15, 0.2) is 47.6 Å². The lowest BCUT2D eigenvalue weighted by molar-refractivity contribution is 0.596. The minimum absolute atomic E-state index is 0.180. The smallest absolute Gasteiger partial charge is 0.0589 e. The summed E-state index contributed by atoms with van der Waals surface area (Å²) in [5, 5.41) is 4.37. The number of halogens is 2. The van der Waals surface area contributed by atoms with Crippen LogP contribution >= 0.6 is 23.2 Å². The van der Waals surface area contributed by atoms with Crippen molar-refractivity contribution in [3.8, 4) is 0 Å². The van der Waals surface area contributed by atoms with Crippen LogP contribution in [-0.4, -0.2) is 21.5 Å². The van der Waals surface area contributed by atoms with Gasteiger partial charge < -0.3 is 5.32 Å². The molecule has 0 amide bonds. The first-order valence-electron chi connectivity index (χ1n) is 6.54. The minimum Gasteiger partial charge on any atom is -0.309 e. The lowest BCUT2D eigenvalue weighted by Crippen LogP contribution is -2.24. The summed E-state index contributed by atoms with van der Waals surface area (Å²) in [6.07, 6.45) is 3.52. The molecule has 112 valence electrons. The molecule has 2 unspecified atom stereocenters. The third-order valence-corrected chi connectivity index (χ3v) is 5.16. The van der Waals surface area contributed by atoms with Crippen LogP contribution in [0.1, 0.15) is 18.5 Å². The minimum atomic E-state index is -1.17. The van der Waals surface area contributed by atoms with Crippen LogP contribution in [0.3, 0.4) is 0 Å². The zero-order valence-corrected chi connectivity index (χ0v) is 13.9. The molecule has 0 fully saturated rings. The predicted molar refractivity (Wildman–Crippen MR) is 88.4 cm³/mol. The van der Waals surface area contributed by atoms with Gasteiger partial charge in [-0.3, -0.25) is 9.19 Å². The molecule has 2 atom stereocenters. The molecule has 1 aromatic carbocycles. The molecule has 0 saturated heterocycles. The van der Waals surface area contributed by atoms with Gasteiger partial charge in [0, 0.05) is 35.8 Å². The molecule has 2 rings (SSSR count). The Morgan fingerprint density at radius 1 is 1.24 bits per heavy atom.